The van der Waals surface area contributed by atoms with Gasteiger partial charge in [-0.25, -0.2) is 4.79 Å². The molecule has 0 saturated carbocycles. The highest BCUT2D eigenvalue weighted by Gasteiger charge is 2.32. The highest BCUT2D eigenvalue weighted by molar-refractivity contribution is 5.69. The van der Waals surface area contributed by atoms with Crippen LogP contribution in [-0.2, 0) is 4.74 Å². The van der Waals surface area contributed by atoms with Crippen molar-refractivity contribution in [3.05, 3.63) is 0 Å². The van der Waals surface area contributed by atoms with Crippen LogP contribution in [0.4, 0.5) is 4.79 Å². The Morgan fingerprint density at radius 3 is 2.50 bits per heavy atom. The summed E-state index contributed by atoms with van der Waals surface area (Å²) < 4.78 is 5.25. The zero-order valence-corrected chi connectivity index (χ0v) is 9.62. The van der Waals surface area contributed by atoms with E-state index in [0.29, 0.717) is 11.8 Å². The summed E-state index contributed by atoms with van der Waals surface area (Å²) in [6, 6.07) is 0. The summed E-state index contributed by atoms with van der Waals surface area (Å²) >= 11 is 0. The second-order valence-electron chi connectivity index (χ2n) is 4.79. The van der Waals surface area contributed by atoms with Gasteiger partial charge >= 0.3 is 6.09 Å². The van der Waals surface area contributed by atoms with Gasteiger partial charge in [0.15, 0.2) is 0 Å². The van der Waals surface area contributed by atoms with E-state index in [1.807, 2.05) is 4.90 Å². The fourth-order valence-corrected chi connectivity index (χ4v) is 1.48. The van der Waals surface area contributed by atoms with E-state index in [-0.39, 0.29) is 12.2 Å². The molecule has 3 heteroatoms. The lowest BCUT2D eigenvalue weighted by Crippen LogP contribution is -2.28. The first-order valence-corrected chi connectivity index (χ1v) is 5.46. The van der Waals surface area contributed by atoms with E-state index in [0.717, 1.165) is 19.5 Å². The number of carbonyl (C=O) groups is 1. The molecular formula is C11H21NO2. The van der Waals surface area contributed by atoms with E-state index >= 15 is 0 Å². The second-order valence-corrected chi connectivity index (χ2v) is 4.79. The Morgan fingerprint density at radius 2 is 2.07 bits per heavy atom. The van der Waals surface area contributed by atoms with Gasteiger partial charge in [-0.2, -0.15) is 0 Å². The molecule has 1 saturated heterocycles. The molecule has 1 heterocycles. The molecule has 0 radical (unpaired) electrons. The molecule has 1 atom stereocenters. The normalized spacial score (nSPS) is 22.3. The van der Waals surface area contributed by atoms with Crippen LogP contribution < -0.4 is 0 Å². The average Bonchev–Trinajstić information content (AvgIpc) is 2.43. The maximum absolute atomic E-state index is 11.4. The van der Waals surface area contributed by atoms with Crippen LogP contribution in [0.2, 0.25) is 0 Å². The second kappa shape index (κ2) is 4.67. The Hall–Kier alpha value is -0.730. The number of hydrogen-bond acceptors (Lipinski definition) is 2. The van der Waals surface area contributed by atoms with Gasteiger partial charge in [-0.15, -0.1) is 0 Å². The first-order valence-electron chi connectivity index (χ1n) is 5.46. The third kappa shape index (κ3) is 2.89. The minimum atomic E-state index is -0.135. The molecule has 14 heavy (non-hydrogen) atoms. The summed E-state index contributed by atoms with van der Waals surface area (Å²) in [5.41, 5.74) is 0. The molecule has 1 rings (SSSR count). The molecule has 82 valence electrons. The number of amides is 1. The number of nitrogens with zero attached hydrogens (tertiary/aromatic N) is 1. The smallest absolute Gasteiger partial charge is 0.410 e. The van der Waals surface area contributed by atoms with Crippen molar-refractivity contribution < 1.29 is 9.53 Å². The number of rotatable bonds is 4. The van der Waals surface area contributed by atoms with Gasteiger partial charge in [0.25, 0.3) is 0 Å². The van der Waals surface area contributed by atoms with Crippen LogP contribution in [0.5, 0.6) is 0 Å². The molecule has 0 aromatic carbocycles. The van der Waals surface area contributed by atoms with Crippen molar-refractivity contribution in [1.29, 1.82) is 0 Å². The van der Waals surface area contributed by atoms with Crippen molar-refractivity contribution in [2.24, 2.45) is 11.8 Å². The third-order valence-corrected chi connectivity index (χ3v) is 2.63. The van der Waals surface area contributed by atoms with Crippen molar-refractivity contribution in [2.45, 2.75) is 40.2 Å². The van der Waals surface area contributed by atoms with Crippen LogP contribution in [0, 0.1) is 11.8 Å². The summed E-state index contributed by atoms with van der Waals surface area (Å²) in [7, 11) is 0. The highest BCUT2D eigenvalue weighted by atomic mass is 16.6. The molecule has 0 spiro atoms. The van der Waals surface area contributed by atoms with Crippen LogP contribution in [0.1, 0.15) is 34.1 Å². The Kier molecular flexibility index (Phi) is 3.78. The van der Waals surface area contributed by atoms with Crippen LogP contribution in [0.25, 0.3) is 0 Å². The number of carbonyl (C=O) groups excluding carboxylic acids is 1. The molecule has 1 aliphatic rings. The van der Waals surface area contributed by atoms with Gasteiger partial charge in [0.2, 0.25) is 0 Å². The molecule has 0 bridgehead atoms. The first kappa shape index (κ1) is 11.3. The van der Waals surface area contributed by atoms with E-state index < -0.39 is 0 Å². The molecule has 0 N–H and O–H groups in total. The van der Waals surface area contributed by atoms with Crippen molar-refractivity contribution in [1.82, 2.24) is 4.90 Å². The summed E-state index contributed by atoms with van der Waals surface area (Å²) in [6.45, 7) is 10.1. The SMILES string of the molecule is CC(C)CCN1CC(C(C)C)OC1=O. The van der Waals surface area contributed by atoms with Gasteiger partial charge in [0, 0.05) is 6.54 Å². The standard InChI is InChI=1S/C11H21NO2/c1-8(2)5-6-12-7-10(9(3)4)14-11(12)13/h8-10H,5-7H2,1-4H3. The Balaban J connectivity index is 2.37. The Labute approximate surface area is 86.4 Å². The van der Waals surface area contributed by atoms with Crippen LogP contribution in [-0.4, -0.2) is 30.2 Å². The van der Waals surface area contributed by atoms with Gasteiger partial charge in [-0.1, -0.05) is 27.7 Å². The lowest BCUT2D eigenvalue weighted by Gasteiger charge is -2.14. The monoisotopic (exact) mass is 199 g/mol. The largest absolute Gasteiger partial charge is 0.444 e. The number of cyclic esters (lactones) is 1. The lowest BCUT2D eigenvalue weighted by atomic mass is 10.1. The number of hydrogen-bond donors (Lipinski definition) is 0. The fraction of sp³-hybridized carbons (Fsp3) is 0.909. The molecule has 1 fully saturated rings. The van der Waals surface area contributed by atoms with E-state index in [9.17, 15) is 4.79 Å². The van der Waals surface area contributed by atoms with Crippen LogP contribution in [0.3, 0.4) is 0 Å². The molecule has 1 unspecified atom stereocenters. The minimum Gasteiger partial charge on any atom is -0.444 e. The van der Waals surface area contributed by atoms with Gasteiger partial charge in [0.1, 0.15) is 6.10 Å². The Bertz CT molecular complexity index is 201. The minimum absolute atomic E-state index is 0.0923. The van der Waals surface area contributed by atoms with E-state index in [1.165, 1.54) is 0 Å². The predicted molar refractivity (Wildman–Crippen MR) is 56.1 cm³/mol. The van der Waals surface area contributed by atoms with Crippen LogP contribution in [0.15, 0.2) is 0 Å². The summed E-state index contributed by atoms with van der Waals surface area (Å²) in [5.74, 6) is 1.06. The average molecular weight is 199 g/mol. The van der Waals surface area contributed by atoms with Crippen molar-refractivity contribution in [2.75, 3.05) is 13.1 Å². The summed E-state index contributed by atoms with van der Waals surface area (Å²) in [5, 5.41) is 0. The molecule has 3 nitrogen and oxygen atoms in total. The summed E-state index contributed by atoms with van der Waals surface area (Å²) in [4.78, 5) is 13.2. The van der Waals surface area contributed by atoms with Crippen molar-refractivity contribution in [3.8, 4) is 0 Å². The molecule has 0 aromatic heterocycles. The van der Waals surface area contributed by atoms with Crippen molar-refractivity contribution >= 4 is 6.09 Å². The number of ether oxygens (including phenoxy) is 1. The zero-order chi connectivity index (χ0) is 10.7. The van der Waals surface area contributed by atoms with E-state index in [1.54, 1.807) is 0 Å². The van der Waals surface area contributed by atoms with Gasteiger partial charge < -0.3 is 9.64 Å². The third-order valence-electron chi connectivity index (χ3n) is 2.63. The van der Waals surface area contributed by atoms with Crippen molar-refractivity contribution in [3.63, 3.8) is 0 Å². The van der Waals surface area contributed by atoms with E-state index in [2.05, 4.69) is 27.7 Å². The van der Waals surface area contributed by atoms with Crippen LogP contribution >= 0.6 is 0 Å². The fourth-order valence-electron chi connectivity index (χ4n) is 1.48. The van der Waals surface area contributed by atoms with Gasteiger partial charge in [0.05, 0.1) is 6.54 Å². The topological polar surface area (TPSA) is 29.5 Å². The molecular weight excluding hydrogens is 178 g/mol. The van der Waals surface area contributed by atoms with Gasteiger partial charge in [-0.3, -0.25) is 0 Å². The predicted octanol–water partition coefficient (Wildman–Crippen LogP) is 2.51. The Morgan fingerprint density at radius 1 is 1.43 bits per heavy atom. The maximum Gasteiger partial charge on any atom is 0.410 e. The summed E-state index contributed by atoms with van der Waals surface area (Å²) in [6.07, 6.45) is 1.01. The molecule has 0 aromatic rings. The zero-order valence-electron chi connectivity index (χ0n) is 9.62. The molecule has 0 aliphatic carbocycles. The lowest BCUT2D eigenvalue weighted by molar-refractivity contribution is 0.112. The molecule has 1 aliphatic heterocycles. The quantitative estimate of drug-likeness (QED) is 0.696. The van der Waals surface area contributed by atoms with Gasteiger partial charge in [-0.05, 0) is 18.3 Å². The first-order chi connectivity index (χ1) is 6.50. The highest BCUT2D eigenvalue weighted by Crippen LogP contribution is 2.18. The van der Waals surface area contributed by atoms with E-state index in [4.69, 9.17) is 4.74 Å². The molecule has 1 amide bonds. The maximum atomic E-state index is 11.4.